The van der Waals surface area contributed by atoms with Gasteiger partial charge in [-0.2, -0.15) is 10.5 Å². The number of anilines is 1. The number of carbonyl (C=O) groups excluding carboxylic acids is 2. The monoisotopic (exact) mass is 492 g/mol. The molecule has 0 aliphatic carbocycles. The molecule has 2 heterocycles. The van der Waals surface area contributed by atoms with Crippen LogP contribution in [0.3, 0.4) is 0 Å². The number of nitriles is 2. The van der Waals surface area contributed by atoms with Crippen molar-refractivity contribution < 1.29 is 14.7 Å². The minimum Gasteiger partial charge on any atom is -0.393 e. The van der Waals surface area contributed by atoms with Crippen LogP contribution in [0, 0.1) is 22.7 Å². The highest BCUT2D eigenvalue weighted by atomic mass is 32.2. The summed E-state index contributed by atoms with van der Waals surface area (Å²) in [6.45, 7) is 2.76. The van der Waals surface area contributed by atoms with Crippen LogP contribution in [0.1, 0.15) is 47.3 Å². The van der Waals surface area contributed by atoms with E-state index in [1.54, 1.807) is 41.1 Å². The van der Waals surface area contributed by atoms with Crippen molar-refractivity contribution in [1.82, 2.24) is 9.88 Å². The van der Waals surface area contributed by atoms with Crippen molar-refractivity contribution in [2.45, 2.75) is 42.6 Å². The Kier molecular flexibility index (Phi) is 8.69. The molecule has 1 unspecified atom stereocenters. The van der Waals surface area contributed by atoms with Crippen LogP contribution in [0.25, 0.3) is 0 Å². The molecule has 1 fully saturated rings. The number of aliphatic hydroxyl groups is 1. The molecular weight excluding hydrogens is 464 g/mol. The van der Waals surface area contributed by atoms with Gasteiger partial charge in [-0.15, -0.1) is 0 Å². The second-order valence-electron chi connectivity index (χ2n) is 8.33. The Labute approximate surface area is 209 Å². The Bertz CT molecular complexity index is 1170. The third kappa shape index (κ3) is 5.91. The first kappa shape index (κ1) is 26.0. The van der Waals surface area contributed by atoms with Crippen molar-refractivity contribution >= 4 is 29.4 Å². The van der Waals surface area contributed by atoms with Gasteiger partial charge in [0.1, 0.15) is 28.2 Å². The van der Waals surface area contributed by atoms with Crippen LogP contribution in [-0.4, -0.2) is 59.6 Å². The summed E-state index contributed by atoms with van der Waals surface area (Å²) in [5, 5.41) is 29.0. The number of primary amides is 1. The number of amides is 2. The van der Waals surface area contributed by atoms with Gasteiger partial charge in [-0.3, -0.25) is 9.59 Å². The van der Waals surface area contributed by atoms with E-state index in [0.717, 1.165) is 11.8 Å². The number of thioether (sulfide) groups is 1. The summed E-state index contributed by atoms with van der Waals surface area (Å²) in [6, 6.07) is 13.3. The third-order valence-electron chi connectivity index (χ3n) is 5.97. The number of likely N-dealkylation sites (tertiary alicyclic amines) is 1. The maximum absolute atomic E-state index is 12.9. The topological polar surface area (TPSA) is 147 Å². The normalized spacial score (nSPS) is 14.6. The number of likely N-dealkylation sites (N-methyl/N-ethyl adjacent to an activating group) is 1. The number of carbonyl (C=O) groups is 2. The molecule has 3 rings (SSSR count). The first-order chi connectivity index (χ1) is 16.8. The van der Waals surface area contributed by atoms with Crippen LogP contribution < -0.4 is 10.6 Å². The fourth-order valence-electron chi connectivity index (χ4n) is 4.07. The molecule has 9 nitrogen and oxygen atoms in total. The molecule has 10 heteroatoms. The zero-order chi connectivity index (χ0) is 25.5. The number of rotatable bonds is 8. The van der Waals surface area contributed by atoms with Crippen molar-refractivity contribution in [3.63, 3.8) is 0 Å². The van der Waals surface area contributed by atoms with E-state index in [0.29, 0.717) is 43.5 Å². The van der Waals surface area contributed by atoms with Gasteiger partial charge in [-0.1, -0.05) is 49.0 Å². The molecule has 1 aliphatic rings. The number of hydrogen-bond acceptors (Lipinski definition) is 8. The summed E-state index contributed by atoms with van der Waals surface area (Å²) in [5.74, 6) is -0.444. The van der Waals surface area contributed by atoms with E-state index in [-0.39, 0.29) is 34.4 Å². The Morgan fingerprint density at radius 2 is 1.86 bits per heavy atom. The molecule has 0 radical (unpaired) electrons. The zero-order valence-corrected chi connectivity index (χ0v) is 20.6. The summed E-state index contributed by atoms with van der Waals surface area (Å²) >= 11 is 1.06. The van der Waals surface area contributed by atoms with Crippen molar-refractivity contribution in [1.29, 1.82) is 10.5 Å². The number of nitrogens with zero attached hydrogens (tertiary/aromatic N) is 5. The number of pyridine rings is 1. The van der Waals surface area contributed by atoms with Gasteiger partial charge in [0.05, 0.1) is 23.8 Å². The smallest absolute Gasteiger partial charge is 0.242 e. The van der Waals surface area contributed by atoms with Gasteiger partial charge >= 0.3 is 0 Å². The van der Waals surface area contributed by atoms with Crippen molar-refractivity contribution in [2.24, 2.45) is 5.73 Å². The maximum Gasteiger partial charge on any atom is 0.242 e. The van der Waals surface area contributed by atoms with Gasteiger partial charge in [-0.25, -0.2) is 4.98 Å². The lowest BCUT2D eigenvalue weighted by molar-refractivity contribution is -0.131. The first-order valence-corrected chi connectivity index (χ1v) is 12.2. The Hall–Kier alpha value is -3.60. The quantitative estimate of drug-likeness (QED) is 0.533. The minimum atomic E-state index is -0.784. The van der Waals surface area contributed by atoms with Crippen LogP contribution in [0.5, 0.6) is 0 Å². The van der Waals surface area contributed by atoms with E-state index in [1.165, 1.54) is 0 Å². The number of nitrogens with two attached hydrogens (primary N) is 1. The number of benzene rings is 1. The first-order valence-electron chi connectivity index (χ1n) is 11.4. The fourth-order valence-corrected chi connectivity index (χ4v) is 5.13. The van der Waals surface area contributed by atoms with Gasteiger partial charge in [0.2, 0.25) is 11.8 Å². The maximum atomic E-state index is 12.9. The molecule has 1 saturated heterocycles. The molecular formula is C25H28N6O3S. The van der Waals surface area contributed by atoms with Crippen LogP contribution in [0.4, 0.5) is 5.82 Å². The second kappa shape index (κ2) is 11.7. The average molecular weight is 493 g/mol. The number of piperidine rings is 1. The molecule has 0 saturated carbocycles. The molecule has 0 spiro atoms. The lowest BCUT2D eigenvalue weighted by atomic mass is 10.0. The summed E-state index contributed by atoms with van der Waals surface area (Å²) in [7, 11) is 1.67. The molecule has 0 bridgehead atoms. The third-order valence-corrected chi connectivity index (χ3v) is 7.23. The molecule has 1 aromatic heterocycles. The van der Waals surface area contributed by atoms with Crippen molar-refractivity contribution in [3.8, 4) is 12.1 Å². The summed E-state index contributed by atoms with van der Waals surface area (Å²) < 4.78 is 0. The molecule has 1 aromatic carbocycles. The Morgan fingerprint density at radius 3 is 2.40 bits per heavy atom. The average Bonchev–Trinajstić information content (AvgIpc) is 2.86. The molecule has 2 amide bonds. The van der Waals surface area contributed by atoms with Gasteiger partial charge in [0, 0.05) is 20.1 Å². The van der Waals surface area contributed by atoms with Crippen molar-refractivity contribution in [2.75, 3.05) is 31.6 Å². The number of aromatic nitrogens is 1. The summed E-state index contributed by atoms with van der Waals surface area (Å²) in [6.07, 6.45) is 1.07. The lowest BCUT2D eigenvalue weighted by Crippen LogP contribution is -2.44. The lowest BCUT2D eigenvalue weighted by Gasteiger charge is -2.31. The largest absolute Gasteiger partial charge is 0.393 e. The highest BCUT2D eigenvalue weighted by Gasteiger charge is 2.28. The predicted molar refractivity (Wildman–Crippen MR) is 132 cm³/mol. The fraction of sp³-hybridized carbons (Fsp3) is 0.400. The Balaban J connectivity index is 1.99. The van der Waals surface area contributed by atoms with E-state index in [1.807, 2.05) is 13.0 Å². The molecule has 2 aromatic rings. The van der Waals surface area contributed by atoms with E-state index >= 15 is 0 Å². The molecule has 182 valence electrons. The molecule has 3 N–H and O–H groups in total. The summed E-state index contributed by atoms with van der Waals surface area (Å²) in [4.78, 5) is 33.1. The SMILES string of the molecule is CCc1c(C#N)c(SC(C(N)=O)c2ccccc2)nc(N(C)CC(=O)N2CCC(O)CC2)c1C#N. The standard InChI is InChI=1S/C25H28N6O3S/c1-3-18-19(13-26)24(30(2)15-21(33)31-11-9-17(32)10-12-31)29-25(20(18)14-27)35-22(23(28)34)16-7-5-4-6-8-16/h4-8,17,22,32H,3,9-12,15H2,1-2H3,(H2,28,34). The Morgan fingerprint density at radius 1 is 1.23 bits per heavy atom. The molecule has 1 atom stereocenters. The zero-order valence-electron chi connectivity index (χ0n) is 19.8. The van der Waals surface area contributed by atoms with Crippen LogP contribution in [-0.2, 0) is 16.0 Å². The van der Waals surface area contributed by atoms with Crippen LogP contribution in [0.15, 0.2) is 35.4 Å². The summed E-state index contributed by atoms with van der Waals surface area (Å²) in [5.41, 5.74) is 7.34. The number of aliphatic hydroxyl groups excluding tert-OH is 1. The van der Waals surface area contributed by atoms with Crippen molar-refractivity contribution in [3.05, 3.63) is 52.6 Å². The van der Waals surface area contributed by atoms with Gasteiger partial charge in [0.15, 0.2) is 0 Å². The van der Waals surface area contributed by atoms with Gasteiger partial charge in [-0.05, 0) is 30.4 Å². The van der Waals surface area contributed by atoms with E-state index < -0.39 is 17.3 Å². The highest BCUT2D eigenvalue weighted by molar-refractivity contribution is 8.00. The predicted octanol–water partition coefficient (Wildman–Crippen LogP) is 2.13. The van der Waals surface area contributed by atoms with Gasteiger partial charge < -0.3 is 20.6 Å². The van der Waals surface area contributed by atoms with E-state index in [9.17, 15) is 25.2 Å². The van der Waals surface area contributed by atoms with Crippen LogP contribution >= 0.6 is 11.8 Å². The highest BCUT2D eigenvalue weighted by Crippen LogP contribution is 2.39. The molecule has 1 aliphatic heterocycles. The van der Waals surface area contributed by atoms with E-state index in [4.69, 9.17) is 5.73 Å². The van der Waals surface area contributed by atoms with E-state index in [2.05, 4.69) is 17.1 Å². The van der Waals surface area contributed by atoms with Crippen LogP contribution in [0.2, 0.25) is 0 Å². The number of hydrogen-bond donors (Lipinski definition) is 2. The second-order valence-corrected chi connectivity index (χ2v) is 9.42. The minimum absolute atomic E-state index is 0.0190. The van der Waals surface area contributed by atoms with Gasteiger partial charge in [0.25, 0.3) is 0 Å². The molecule has 35 heavy (non-hydrogen) atoms.